The molecule has 2 aliphatic rings. The molecule has 35 heavy (non-hydrogen) atoms. The summed E-state index contributed by atoms with van der Waals surface area (Å²) < 4.78 is 49.7. The lowest BCUT2D eigenvalue weighted by atomic mass is 9.93. The molecule has 1 aromatic rings. The van der Waals surface area contributed by atoms with Crippen molar-refractivity contribution in [1.29, 1.82) is 0 Å². The molecule has 2 N–H and O–H groups in total. The summed E-state index contributed by atoms with van der Waals surface area (Å²) >= 11 is 0. The summed E-state index contributed by atoms with van der Waals surface area (Å²) in [5.41, 5.74) is 0.542. The Balaban J connectivity index is 1.44. The van der Waals surface area contributed by atoms with Gasteiger partial charge in [0, 0.05) is 30.5 Å². The van der Waals surface area contributed by atoms with Gasteiger partial charge in [-0.25, -0.2) is 17.8 Å². The monoisotopic (exact) mass is 511 g/mol. The number of ether oxygens (including phenoxy) is 2. The molecule has 3 rings (SSSR count). The zero-order valence-corrected chi connectivity index (χ0v) is 21.9. The minimum Gasteiger partial charge on any atom is -0.487 e. The molecule has 2 fully saturated rings. The average Bonchev–Trinajstić information content (AvgIpc) is 2.79. The van der Waals surface area contributed by atoms with Crippen LogP contribution in [-0.4, -0.2) is 57.0 Å². The summed E-state index contributed by atoms with van der Waals surface area (Å²) in [4.78, 5) is 11.5. The number of aliphatic imine (C=N–C) groups is 1. The van der Waals surface area contributed by atoms with Crippen molar-refractivity contribution in [2.75, 3.05) is 19.3 Å². The Morgan fingerprint density at radius 2 is 1.66 bits per heavy atom. The molecular formula is C25H38FN3O5S. The predicted molar refractivity (Wildman–Crippen MR) is 133 cm³/mol. The lowest BCUT2D eigenvalue weighted by Gasteiger charge is -2.36. The van der Waals surface area contributed by atoms with Crippen molar-refractivity contribution in [3.63, 3.8) is 0 Å². The second kappa shape index (κ2) is 11.3. The Kier molecular flexibility index (Phi) is 8.82. The maximum atomic E-state index is 14.3. The molecule has 1 aliphatic carbocycles. The van der Waals surface area contributed by atoms with Crippen LogP contribution in [0.4, 0.5) is 4.39 Å². The number of halogens is 1. The number of hydrogen-bond donors (Lipinski definition) is 1. The van der Waals surface area contributed by atoms with Gasteiger partial charge in [0.1, 0.15) is 0 Å². The first-order valence-corrected chi connectivity index (χ1v) is 14.0. The quantitative estimate of drug-likeness (QED) is 0.347. The first-order chi connectivity index (χ1) is 16.4. The maximum absolute atomic E-state index is 14.3. The number of rotatable bonds is 6. The van der Waals surface area contributed by atoms with E-state index in [4.69, 9.17) is 20.2 Å². The molecule has 0 amide bonds. The minimum atomic E-state index is -3.46. The summed E-state index contributed by atoms with van der Waals surface area (Å²) in [6.45, 7) is 11.6. The van der Waals surface area contributed by atoms with Crippen LogP contribution in [0.1, 0.15) is 59.3 Å². The first-order valence-electron chi connectivity index (χ1n) is 12.1. The van der Waals surface area contributed by atoms with Gasteiger partial charge in [0.25, 0.3) is 0 Å². The summed E-state index contributed by atoms with van der Waals surface area (Å²) in [6, 6.07) is 4.16. The van der Waals surface area contributed by atoms with E-state index in [0.717, 1.165) is 63.9 Å². The lowest BCUT2D eigenvalue weighted by molar-refractivity contribution is -0.0629. The third kappa shape index (κ3) is 7.65. The Labute approximate surface area is 208 Å². The van der Waals surface area contributed by atoms with E-state index in [-0.39, 0.29) is 34.4 Å². The summed E-state index contributed by atoms with van der Waals surface area (Å²) in [6.07, 6.45) is 6.09. The smallest absolute Gasteiger partial charge is 0.311 e. The van der Waals surface area contributed by atoms with Gasteiger partial charge in [-0.3, -0.25) is 0 Å². The zero-order chi connectivity index (χ0) is 25.8. The van der Waals surface area contributed by atoms with Crippen LogP contribution in [0.2, 0.25) is 0 Å². The van der Waals surface area contributed by atoms with Crippen LogP contribution in [0.5, 0.6) is 5.75 Å². The number of amidine groups is 1. The zero-order valence-electron chi connectivity index (χ0n) is 21.1. The molecule has 0 atom stereocenters. The summed E-state index contributed by atoms with van der Waals surface area (Å²) in [7, 11) is -3.46. The van der Waals surface area contributed by atoms with Crippen LogP contribution in [0, 0.1) is 11.2 Å². The highest BCUT2D eigenvalue weighted by atomic mass is 32.2. The highest BCUT2D eigenvalue weighted by Crippen LogP contribution is 2.30. The van der Waals surface area contributed by atoms with Crippen LogP contribution in [-0.2, 0) is 19.4 Å². The molecule has 1 aromatic carbocycles. The van der Waals surface area contributed by atoms with Gasteiger partial charge in [0.05, 0.1) is 23.2 Å². The fourth-order valence-corrected chi connectivity index (χ4v) is 4.82. The molecule has 1 saturated carbocycles. The van der Waals surface area contributed by atoms with Crippen LogP contribution < -0.4 is 10.6 Å². The summed E-state index contributed by atoms with van der Waals surface area (Å²) in [5, 5.41) is 0. The molecule has 8 nitrogen and oxygen atoms in total. The second-order valence-corrected chi connectivity index (χ2v) is 12.4. The van der Waals surface area contributed by atoms with Crippen LogP contribution in [0.15, 0.2) is 40.4 Å². The first kappa shape index (κ1) is 27.4. The average molecular weight is 512 g/mol. The third-order valence-corrected chi connectivity index (χ3v) is 7.66. The highest BCUT2D eigenvalue weighted by Gasteiger charge is 2.29. The third-order valence-electron chi connectivity index (χ3n) is 6.55. The number of hydrogen-bond acceptors (Lipinski definition) is 7. The van der Waals surface area contributed by atoms with Gasteiger partial charge in [-0.1, -0.05) is 27.4 Å². The molecule has 0 unspecified atom stereocenters. The molecule has 1 aliphatic heterocycles. The standard InChI is InChI=1S/C25H38FN3O5S/c1-17(25(2,3)4)28-24(34-27)29-14-12-20(13-15-29)32-18-6-8-19(9-7-18)33-23-11-10-21(16-22(23)26)35(5,30)31/h10-11,16,18-20H,1,6-9,12-15,27H2,2-5H3/b28-24-/t18-,19-. The van der Waals surface area contributed by atoms with Gasteiger partial charge < -0.3 is 19.2 Å². The van der Waals surface area contributed by atoms with Crippen molar-refractivity contribution >= 4 is 15.9 Å². The summed E-state index contributed by atoms with van der Waals surface area (Å²) in [5.74, 6) is 4.90. The number of benzene rings is 1. The second-order valence-electron chi connectivity index (χ2n) is 10.4. The predicted octanol–water partition coefficient (Wildman–Crippen LogP) is 4.21. The largest absolute Gasteiger partial charge is 0.487 e. The van der Waals surface area contributed by atoms with E-state index in [9.17, 15) is 12.8 Å². The fraction of sp³-hybridized carbons (Fsp3) is 0.640. The van der Waals surface area contributed by atoms with Gasteiger partial charge in [0.15, 0.2) is 21.4 Å². The Morgan fingerprint density at radius 1 is 1.09 bits per heavy atom. The van der Waals surface area contributed by atoms with Gasteiger partial charge in [-0.15, -0.1) is 0 Å². The fourth-order valence-electron chi connectivity index (χ4n) is 4.18. The highest BCUT2D eigenvalue weighted by molar-refractivity contribution is 7.90. The maximum Gasteiger partial charge on any atom is 0.311 e. The van der Waals surface area contributed by atoms with E-state index in [1.54, 1.807) is 0 Å². The Morgan fingerprint density at radius 3 is 2.17 bits per heavy atom. The van der Waals surface area contributed by atoms with Crippen molar-refractivity contribution in [2.24, 2.45) is 16.3 Å². The molecule has 0 spiro atoms. The number of allylic oxidation sites excluding steroid dienone is 1. The topological polar surface area (TPSA) is 103 Å². The number of piperidine rings is 1. The van der Waals surface area contributed by atoms with E-state index in [0.29, 0.717) is 11.7 Å². The molecule has 10 heteroatoms. The molecule has 196 valence electrons. The molecule has 0 bridgehead atoms. The van der Waals surface area contributed by atoms with Crippen molar-refractivity contribution in [1.82, 2.24) is 4.90 Å². The number of likely N-dealkylation sites (tertiary alicyclic amines) is 1. The van der Waals surface area contributed by atoms with Crippen molar-refractivity contribution in [2.45, 2.75) is 82.5 Å². The van der Waals surface area contributed by atoms with Gasteiger partial charge in [-0.05, 0) is 56.7 Å². The molecule has 0 radical (unpaired) electrons. The van der Waals surface area contributed by atoms with Crippen molar-refractivity contribution in [3.05, 3.63) is 36.3 Å². The van der Waals surface area contributed by atoms with Crippen LogP contribution >= 0.6 is 0 Å². The Hall–Kier alpha value is -2.17. The number of nitrogens with two attached hydrogens (primary N) is 1. The number of sulfone groups is 1. The van der Waals surface area contributed by atoms with Gasteiger partial charge in [0.2, 0.25) is 0 Å². The molecular weight excluding hydrogens is 473 g/mol. The van der Waals surface area contributed by atoms with Gasteiger partial charge in [-0.2, -0.15) is 5.90 Å². The SMILES string of the molecule is C=C(/N=C(\ON)N1CCC(O[C@H]2CC[C@H](Oc3ccc(S(C)(=O)=O)cc3F)CC2)CC1)C(C)(C)C. The van der Waals surface area contributed by atoms with Gasteiger partial charge >= 0.3 is 6.02 Å². The normalized spacial score (nSPS) is 22.7. The lowest BCUT2D eigenvalue weighted by Crippen LogP contribution is -2.44. The molecule has 1 heterocycles. The van der Waals surface area contributed by atoms with Crippen LogP contribution in [0.25, 0.3) is 0 Å². The van der Waals surface area contributed by atoms with E-state index in [2.05, 4.69) is 11.6 Å². The Bertz CT molecular complexity index is 1020. The van der Waals surface area contributed by atoms with E-state index < -0.39 is 15.7 Å². The van der Waals surface area contributed by atoms with Crippen LogP contribution in [0.3, 0.4) is 0 Å². The molecule has 1 saturated heterocycles. The minimum absolute atomic E-state index is 0.0546. The van der Waals surface area contributed by atoms with Crippen molar-refractivity contribution in [3.8, 4) is 5.75 Å². The van der Waals surface area contributed by atoms with E-state index >= 15 is 0 Å². The number of nitrogens with zero attached hydrogens (tertiary/aromatic N) is 2. The van der Waals surface area contributed by atoms with E-state index in [1.807, 2.05) is 25.7 Å². The molecule has 0 aromatic heterocycles. The van der Waals surface area contributed by atoms with E-state index in [1.165, 1.54) is 12.1 Å². The van der Waals surface area contributed by atoms with Crippen molar-refractivity contribution < 1.29 is 27.1 Å².